The average molecular weight is 215 g/mol. The van der Waals surface area contributed by atoms with Gasteiger partial charge in [-0.3, -0.25) is 0 Å². The Morgan fingerprint density at radius 1 is 1.31 bits per heavy atom. The molecule has 84 valence electrons. The van der Waals surface area contributed by atoms with E-state index in [1.807, 2.05) is 31.2 Å². The van der Waals surface area contributed by atoms with Crippen LogP contribution in [0.3, 0.4) is 0 Å². The minimum absolute atomic E-state index is 0.441. The molecule has 0 aliphatic carbocycles. The maximum absolute atomic E-state index is 8.89. The van der Waals surface area contributed by atoms with Crippen LogP contribution >= 0.6 is 0 Å². The fourth-order valence-electron chi connectivity index (χ4n) is 1.28. The normalized spacial score (nSPS) is 10.8. The van der Waals surface area contributed by atoms with E-state index in [1.54, 1.807) is 0 Å². The van der Waals surface area contributed by atoms with Gasteiger partial charge in [0.2, 0.25) is 0 Å². The number of hydrogen-bond donors (Lipinski definition) is 1. The molecule has 1 N–H and O–H groups in total. The van der Waals surface area contributed by atoms with Crippen LogP contribution in [0.15, 0.2) is 29.4 Å². The van der Waals surface area contributed by atoms with Crippen LogP contribution in [0, 0.1) is 18.8 Å². The molecule has 0 heterocycles. The van der Waals surface area contributed by atoms with Crippen LogP contribution in [0.5, 0.6) is 0 Å². The van der Waals surface area contributed by atoms with E-state index in [9.17, 15) is 0 Å². The summed E-state index contributed by atoms with van der Waals surface area (Å²) in [6, 6.07) is 7.79. The molecule has 0 radical (unpaired) electrons. The molecular weight excluding hydrogens is 198 g/mol. The highest BCUT2D eigenvalue weighted by Crippen LogP contribution is 2.04. The maximum atomic E-state index is 8.89. The van der Waals surface area contributed by atoms with E-state index in [-0.39, 0.29) is 0 Å². The molecule has 0 saturated carbocycles. The fourth-order valence-corrected chi connectivity index (χ4v) is 1.28. The highest BCUT2D eigenvalue weighted by molar-refractivity contribution is 6.12. The van der Waals surface area contributed by atoms with Crippen LogP contribution in [0.1, 0.15) is 37.3 Å². The van der Waals surface area contributed by atoms with Crippen LogP contribution in [0.2, 0.25) is 0 Å². The van der Waals surface area contributed by atoms with Gasteiger partial charge in [0.05, 0.1) is 0 Å². The largest absolute Gasteiger partial charge is 0.410 e. The highest BCUT2D eigenvalue weighted by Gasteiger charge is 1.99. The van der Waals surface area contributed by atoms with Gasteiger partial charge in [0.15, 0.2) is 5.71 Å². The van der Waals surface area contributed by atoms with Gasteiger partial charge in [-0.15, -0.1) is 0 Å². The Kier molecular flexibility index (Phi) is 5.15. The second-order valence-corrected chi connectivity index (χ2v) is 3.72. The van der Waals surface area contributed by atoms with Crippen LogP contribution in [-0.2, 0) is 0 Å². The van der Waals surface area contributed by atoms with Crippen molar-refractivity contribution in [3.63, 3.8) is 0 Å². The minimum atomic E-state index is 0.441. The molecule has 0 fully saturated rings. The van der Waals surface area contributed by atoms with Gasteiger partial charge < -0.3 is 5.21 Å². The number of oxime groups is 1. The molecule has 2 heteroatoms. The van der Waals surface area contributed by atoms with E-state index in [2.05, 4.69) is 23.9 Å². The Bertz CT molecular complexity index is 407. The summed E-state index contributed by atoms with van der Waals surface area (Å²) < 4.78 is 0. The predicted molar refractivity (Wildman–Crippen MR) is 66.8 cm³/mol. The summed E-state index contributed by atoms with van der Waals surface area (Å²) in [5.41, 5.74) is 2.48. The lowest BCUT2D eigenvalue weighted by molar-refractivity contribution is 0.320. The maximum Gasteiger partial charge on any atom is 0.159 e. The van der Waals surface area contributed by atoms with Crippen molar-refractivity contribution >= 4 is 5.71 Å². The third-order valence-corrected chi connectivity index (χ3v) is 2.29. The Morgan fingerprint density at radius 2 is 2.00 bits per heavy atom. The molecule has 0 unspecified atom stereocenters. The lowest BCUT2D eigenvalue weighted by Gasteiger charge is -1.97. The second kappa shape index (κ2) is 6.68. The van der Waals surface area contributed by atoms with Crippen LogP contribution in [-0.4, -0.2) is 10.9 Å². The molecule has 1 rings (SSSR count). The first kappa shape index (κ1) is 12.3. The summed E-state index contributed by atoms with van der Waals surface area (Å²) in [6.45, 7) is 4.15. The number of unbranched alkanes of at least 4 members (excludes halogenated alkanes) is 2. The van der Waals surface area contributed by atoms with Crippen molar-refractivity contribution in [2.24, 2.45) is 5.16 Å². The molecule has 0 spiro atoms. The lowest BCUT2D eigenvalue weighted by atomic mass is 10.1. The van der Waals surface area contributed by atoms with Gasteiger partial charge in [0, 0.05) is 12.0 Å². The number of hydrogen-bond acceptors (Lipinski definition) is 2. The van der Waals surface area contributed by atoms with Gasteiger partial charge in [-0.05, 0) is 19.3 Å². The van der Waals surface area contributed by atoms with Crippen LogP contribution in [0.25, 0.3) is 0 Å². The average Bonchev–Trinajstić information content (AvgIpc) is 2.31. The zero-order valence-corrected chi connectivity index (χ0v) is 9.83. The smallest absolute Gasteiger partial charge is 0.159 e. The number of aryl methyl sites for hydroxylation is 1. The molecular formula is C14H17NO. The first-order valence-electron chi connectivity index (χ1n) is 5.56. The highest BCUT2D eigenvalue weighted by atomic mass is 16.4. The van der Waals surface area contributed by atoms with Gasteiger partial charge in [0.25, 0.3) is 0 Å². The fraction of sp³-hybridized carbons (Fsp3) is 0.357. The Labute approximate surface area is 97.0 Å². The summed E-state index contributed by atoms with van der Waals surface area (Å²) in [4.78, 5) is 0. The number of benzene rings is 1. The van der Waals surface area contributed by atoms with E-state index < -0.39 is 0 Å². The summed E-state index contributed by atoms with van der Waals surface area (Å²) in [5, 5.41) is 12.1. The molecule has 0 saturated heterocycles. The quantitative estimate of drug-likeness (QED) is 0.271. The van der Waals surface area contributed by atoms with E-state index in [4.69, 9.17) is 5.21 Å². The summed E-state index contributed by atoms with van der Waals surface area (Å²) in [5.74, 6) is 5.90. The number of rotatable bonds is 3. The van der Waals surface area contributed by atoms with Crippen molar-refractivity contribution in [1.82, 2.24) is 0 Å². The third-order valence-electron chi connectivity index (χ3n) is 2.29. The predicted octanol–water partition coefficient (Wildman–Crippen LogP) is 3.37. The van der Waals surface area contributed by atoms with E-state index in [1.165, 1.54) is 5.56 Å². The van der Waals surface area contributed by atoms with Crippen LogP contribution in [0.4, 0.5) is 0 Å². The zero-order valence-electron chi connectivity index (χ0n) is 9.83. The molecule has 1 aromatic rings. The van der Waals surface area contributed by atoms with E-state index in [0.717, 1.165) is 24.8 Å². The molecule has 2 nitrogen and oxygen atoms in total. The minimum Gasteiger partial charge on any atom is -0.410 e. The molecule has 0 aromatic heterocycles. The van der Waals surface area contributed by atoms with Crippen molar-refractivity contribution < 1.29 is 5.21 Å². The first-order valence-corrected chi connectivity index (χ1v) is 5.56. The summed E-state index contributed by atoms with van der Waals surface area (Å²) in [6.07, 6.45) is 3.06. The molecule has 0 atom stereocenters. The number of nitrogens with zero attached hydrogens (tertiary/aromatic N) is 1. The van der Waals surface area contributed by atoms with Crippen molar-refractivity contribution in [3.05, 3.63) is 35.4 Å². The Hall–Kier alpha value is -1.75. The molecule has 0 bridgehead atoms. The summed E-state index contributed by atoms with van der Waals surface area (Å²) in [7, 11) is 0. The molecule has 16 heavy (non-hydrogen) atoms. The van der Waals surface area contributed by atoms with Crippen molar-refractivity contribution in [2.45, 2.75) is 33.1 Å². The SMILES string of the molecule is CCCCC#C/C(=N\O)c1ccc(C)cc1. The molecule has 0 aliphatic heterocycles. The Morgan fingerprint density at radius 3 is 2.56 bits per heavy atom. The van der Waals surface area contributed by atoms with E-state index in [0.29, 0.717) is 5.71 Å². The van der Waals surface area contributed by atoms with Gasteiger partial charge in [-0.25, -0.2) is 0 Å². The zero-order chi connectivity index (χ0) is 11.8. The van der Waals surface area contributed by atoms with Crippen molar-refractivity contribution in [1.29, 1.82) is 0 Å². The van der Waals surface area contributed by atoms with Gasteiger partial charge >= 0.3 is 0 Å². The van der Waals surface area contributed by atoms with Gasteiger partial charge in [-0.2, -0.15) is 0 Å². The topological polar surface area (TPSA) is 32.6 Å². The van der Waals surface area contributed by atoms with E-state index >= 15 is 0 Å². The van der Waals surface area contributed by atoms with Crippen molar-refractivity contribution in [3.8, 4) is 11.8 Å². The third kappa shape index (κ3) is 3.78. The first-order chi connectivity index (χ1) is 7.77. The van der Waals surface area contributed by atoms with Crippen LogP contribution < -0.4 is 0 Å². The van der Waals surface area contributed by atoms with Gasteiger partial charge in [0.1, 0.15) is 0 Å². The van der Waals surface area contributed by atoms with Crippen molar-refractivity contribution in [2.75, 3.05) is 0 Å². The van der Waals surface area contributed by atoms with Gasteiger partial charge in [-0.1, -0.05) is 54.2 Å². The molecule has 1 aromatic carbocycles. The molecule has 0 amide bonds. The summed E-state index contributed by atoms with van der Waals surface area (Å²) >= 11 is 0. The Balaban J connectivity index is 2.74. The monoisotopic (exact) mass is 215 g/mol. The lowest BCUT2D eigenvalue weighted by Crippen LogP contribution is -1.97. The second-order valence-electron chi connectivity index (χ2n) is 3.72. The standard InChI is InChI=1S/C14H17NO/c1-3-4-5-6-7-14(15-16)13-10-8-12(2)9-11-13/h8-11,16H,3-5H2,1-2H3/b15-14+. The molecule has 0 aliphatic rings.